The Hall–Kier alpha value is -3.87. The van der Waals surface area contributed by atoms with Gasteiger partial charge in [0.2, 0.25) is 0 Å². The number of rotatable bonds is 5. The Morgan fingerprint density at radius 2 is 1.88 bits per heavy atom. The number of allylic oxidation sites excluding steroid dienone is 1. The van der Waals surface area contributed by atoms with Gasteiger partial charge in [-0.3, -0.25) is 4.79 Å². The highest BCUT2D eigenvalue weighted by atomic mass is 16.2. The van der Waals surface area contributed by atoms with Gasteiger partial charge in [-0.15, -0.1) is 0 Å². The number of hydrogen-bond acceptors (Lipinski definition) is 5. The Labute approximate surface area is 188 Å². The Morgan fingerprint density at radius 3 is 2.47 bits per heavy atom. The van der Waals surface area contributed by atoms with Crippen LogP contribution in [0, 0.1) is 0 Å². The van der Waals surface area contributed by atoms with Crippen LogP contribution in [0.1, 0.15) is 36.7 Å². The van der Waals surface area contributed by atoms with E-state index in [9.17, 15) is 4.79 Å². The van der Waals surface area contributed by atoms with Crippen LogP contribution in [0.25, 0.3) is 28.0 Å². The van der Waals surface area contributed by atoms with Crippen LogP contribution in [0.15, 0.2) is 66.1 Å². The lowest BCUT2D eigenvalue weighted by molar-refractivity contribution is 0.0828. The number of benzene rings is 2. The molecule has 0 spiro atoms. The van der Waals surface area contributed by atoms with Gasteiger partial charge in [0.25, 0.3) is 5.91 Å². The van der Waals surface area contributed by atoms with Crippen LogP contribution in [0.4, 0.5) is 0 Å². The molecule has 166 valence electrons. The molecule has 1 amide bonds. The van der Waals surface area contributed by atoms with Crippen molar-refractivity contribution < 1.29 is 4.79 Å². The van der Waals surface area contributed by atoms with Crippen molar-refractivity contribution in [3.05, 3.63) is 72.2 Å². The Morgan fingerprint density at radius 1 is 1.19 bits per heavy atom. The molecule has 2 aromatic carbocycles. The number of aromatic nitrogens is 2. The molecule has 4 N–H and O–H groups in total. The molecule has 0 saturated heterocycles. The van der Waals surface area contributed by atoms with Crippen LogP contribution in [-0.4, -0.2) is 40.7 Å². The molecule has 0 unspecified atom stereocenters. The third-order valence-electron chi connectivity index (χ3n) is 5.01. The lowest BCUT2D eigenvalue weighted by atomic mass is 10.0. The molecule has 0 aliphatic heterocycles. The Bertz CT molecular complexity index is 1240. The third-order valence-corrected chi connectivity index (χ3v) is 5.01. The summed E-state index contributed by atoms with van der Waals surface area (Å²) in [5, 5.41) is 0. The van der Waals surface area contributed by atoms with Gasteiger partial charge in [0.15, 0.2) is 0 Å². The van der Waals surface area contributed by atoms with Gasteiger partial charge in [-0.05, 0) is 44.5 Å². The lowest BCUT2D eigenvalue weighted by Crippen LogP contribution is -2.25. The van der Waals surface area contributed by atoms with E-state index in [1.54, 1.807) is 25.2 Å². The fourth-order valence-electron chi connectivity index (χ4n) is 3.59. The van der Waals surface area contributed by atoms with Crippen molar-refractivity contribution in [1.82, 2.24) is 14.5 Å². The number of carbonyl (C=O) groups excluding carboxylic acids is 1. The van der Waals surface area contributed by atoms with E-state index in [0.29, 0.717) is 11.1 Å². The summed E-state index contributed by atoms with van der Waals surface area (Å²) >= 11 is 0. The predicted molar refractivity (Wildman–Crippen MR) is 132 cm³/mol. The molecule has 0 atom stereocenters. The highest BCUT2D eigenvalue weighted by molar-refractivity contribution is 6.10. The largest absolute Gasteiger partial charge is 0.404 e. The minimum Gasteiger partial charge on any atom is -0.404 e. The molecule has 0 aliphatic rings. The number of nitrogens with two attached hydrogens (primary N) is 2. The van der Waals surface area contributed by atoms with Gasteiger partial charge >= 0.3 is 0 Å². The smallest absolute Gasteiger partial charge is 0.254 e. The molecule has 32 heavy (non-hydrogen) atoms. The average molecular weight is 431 g/mol. The van der Waals surface area contributed by atoms with E-state index in [1.165, 1.54) is 6.20 Å². The van der Waals surface area contributed by atoms with Crippen LogP contribution in [-0.2, 0) is 5.54 Å². The van der Waals surface area contributed by atoms with Gasteiger partial charge in [-0.25, -0.2) is 9.98 Å². The highest BCUT2D eigenvalue weighted by Crippen LogP contribution is 2.34. The monoisotopic (exact) mass is 430 g/mol. The molecule has 0 bridgehead atoms. The topological polar surface area (TPSA) is 103 Å². The van der Waals surface area contributed by atoms with Crippen LogP contribution in [0.5, 0.6) is 0 Å². The van der Waals surface area contributed by atoms with Crippen molar-refractivity contribution in [2.24, 2.45) is 16.5 Å². The summed E-state index contributed by atoms with van der Waals surface area (Å²) in [6.07, 6.45) is 3.05. The second kappa shape index (κ2) is 8.70. The van der Waals surface area contributed by atoms with Crippen molar-refractivity contribution in [3.8, 4) is 11.4 Å². The first-order valence-electron chi connectivity index (χ1n) is 10.3. The summed E-state index contributed by atoms with van der Waals surface area (Å²) in [5.41, 5.74) is 15.8. The van der Waals surface area contributed by atoms with Gasteiger partial charge in [0, 0.05) is 43.2 Å². The fraction of sp³-hybridized carbons (Fsp3) is 0.240. The average Bonchev–Trinajstić information content (AvgIpc) is 3.12. The first-order valence-corrected chi connectivity index (χ1v) is 10.3. The highest BCUT2D eigenvalue weighted by Gasteiger charge is 2.25. The van der Waals surface area contributed by atoms with E-state index in [1.807, 2.05) is 42.5 Å². The SMILES string of the molecule is C=C(N)N=C/C(=C\N)c1ccc2c(c1)nc(-c1ccccc1C(=O)N(C)C)n2C(C)(C)C. The second-order valence-electron chi connectivity index (χ2n) is 8.76. The van der Waals surface area contributed by atoms with Gasteiger partial charge in [-0.1, -0.05) is 30.8 Å². The van der Waals surface area contributed by atoms with Crippen molar-refractivity contribution in [3.63, 3.8) is 0 Å². The maximum Gasteiger partial charge on any atom is 0.254 e. The van der Waals surface area contributed by atoms with Gasteiger partial charge in [0.05, 0.1) is 16.6 Å². The summed E-state index contributed by atoms with van der Waals surface area (Å²) in [6, 6.07) is 13.5. The normalized spacial score (nSPS) is 12.5. The van der Waals surface area contributed by atoms with Crippen LogP contribution >= 0.6 is 0 Å². The van der Waals surface area contributed by atoms with Crippen molar-refractivity contribution >= 4 is 28.7 Å². The zero-order chi connectivity index (χ0) is 23.6. The maximum absolute atomic E-state index is 12.9. The summed E-state index contributed by atoms with van der Waals surface area (Å²) in [5.74, 6) is 0.866. The fourth-order valence-corrected chi connectivity index (χ4v) is 3.59. The van der Waals surface area contributed by atoms with Crippen molar-refractivity contribution in [1.29, 1.82) is 0 Å². The predicted octanol–water partition coefficient (Wildman–Crippen LogP) is 3.96. The molecule has 7 heteroatoms. The minimum atomic E-state index is -0.273. The first-order chi connectivity index (χ1) is 15.0. The van der Waals surface area contributed by atoms with E-state index in [0.717, 1.165) is 28.0 Å². The number of aliphatic imine (C=N–C) groups is 1. The number of fused-ring (bicyclic) bond motifs is 1. The van der Waals surface area contributed by atoms with Crippen LogP contribution < -0.4 is 11.5 Å². The molecule has 1 aromatic heterocycles. The quantitative estimate of drug-likeness (QED) is 0.598. The standard InChI is InChI=1S/C25H30N6O/c1-16(27)28-15-18(14-26)17-11-12-22-21(13-17)29-23(31(22)25(2,3)4)19-9-7-8-10-20(19)24(32)30(5)6/h7-15H,1,26-27H2,2-6H3/b18-14+,28-15?. The molecule has 3 rings (SSSR count). The Kier molecular flexibility index (Phi) is 6.20. The maximum atomic E-state index is 12.9. The number of imidazole rings is 1. The first kappa shape index (κ1) is 22.8. The number of amides is 1. The summed E-state index contributed by atoms with van der Waals surface area (Å²) in [7, 11) is 3.49. The molecular weight excluding hydrogens is 400 g/mol. The summed E-state index contributed by atoms with van der Waals surface area (Å²) in [6.45, 7) is 9.93. The third kappa shape index (κ3) is 4.42. The molecule has 0 radical (unpaired) electrons. The van der Waals surface area contributed by atoms with Gasteiger partial charge in [0.1, 0.15) is 11.6 Å². The van der Waals surface area contributed by atoms with Crippen molar-refractivity contribution in [2.45, 2.75) is 26.3 Å². The van der Waals surface area contributed by atoms with Gasteiger partial charge in [-0.2, -0.15) is 0 Å². The van der Waals surface area contributed by atoms with Crippen LogP contribution in [0.2, 0.25) is 0 Å². The summed E-state index contributed by atoms with van der Waals surface area (Å²) < 4.78 is 2.16. The van der Waals surface area contributed by atoms with Crippen molar-refractivity contribution in [2.75, 3.05) is 14.1 Å². The van der Waals surface area contributed by atoms with E-state index in [2.05, 4.69) is 36.9 Å². The van der Waals surface area contributed by atoms with E-state index < -0.39 is 0 Å². The van der Waals surface area contributed by atoms with E-state index in [-0.39, 0.29) is 17.3 Å². The molecular formula is C25H30N6O. The van der Waals surface area contributed by atoms with Gasteiger partial charge < -0.3 is 20.9 Å². The lowest BCUT2D eigenvalue weighted by Gasteiger charge is -2.25. The second-order valence-corrected chi connectivity index (χ2v) is 8.76. The van der Waals surface area contributed by atoms with E-state index >= 15 is 0 Å². The molecule has 0 saturated carbocycles. The number of nitrogens with zero attached hydrogens (tertiary/aromatic N) is 4. The van der Waals surface area contributed by atoms with E-state index in [4.69, 9.17) is 16.5 Å². The molecule has 7 nitrogen and oxygen atoms in total. The number of carbonyl (C=O) groups is 1. The number of hydrogen-bond donors (Lipinski definition) is 2. The van der Waals surface area contributed by atoms with Crippen LogP contribution in [0.3, 0.4) is 0 Å². The summed E-state index contributed by atoms with van der Waals surface area (Å²) in [4.78, 5) is 23.4. The molecule has 0 fully saturated rings. The zero-order valence-electron chi connectivity index (χ0n) is 19.3. The molecule has 1 heterocycles. The molecule has 0 aliphatic carbocycles. The minimum absolute atomic E-state index is 0.0691. The zero-order valence-corrected chi connectivity index (χ0v) is 19.3. The Balaban J connectivity index is 2.27. The molecule has 3 aromatic rings.